The predicted molar refractivity (Wildman–Crippen MR) is 113 cm³/mol. The van der Waals surface area contributed by atoms with Gasteiger partial charge in [-0.2, -0.15) is 0 Å². The minimum atomic E-state index is -0.0740. The van der Waals surface area contributed by atoms with Crippen molar-refractivity contribution in [1.29, 1.82) is 0 Å². The lowest BCUT2D eigenvalue weighted by molar-refractivity contribution is 0.103. The van der Waals surface area contributed by atoms with Crippen molar-refractivity contribution < 1.29 is 9.53 Å². The Hall–Kier alpha value is -3.65. The van der Waals surface area contributed by atoms with E-state index in [0.717, 1.165) is 24.2 Å². The molecule has 0 aliphatic carbocycles. The van der Waals surface area contributed by atoms with E-state index in [9.17, 15) is 4.79 Å². The van der Waals surface area contributed by atoms with Crippen LogP contribution in [0.4, 0.5) is 11.4 Å². The summed E-state index contributed by atoms with van der Waals surface area (Å²) in [5.41, 5.74) is 3.57. The van der Waals surface area contributed by atoms with Crippen LogP contribution >= 0.6 is 0 Å². The fourth-order valence-corrected chi connectivity index (χ4v) is 3.52. The normalized spacial score (nSPS) is 15.7. The van der Waals surface area contributed by atoms with E-state index in [0.29, 0.717) is 29.2 Å². The van der Waals surface area contributed by atoms with E-state index in [4.69, 9.17) is 11.3 Å². The van der Waals surface area contributed by atoms with Gasteiger partial charge < -0.3 is 9.64 Å². The molecule has 1 aromatic heterocycles. The van der Waals surface area contributed by atoms with Crippen LogP contribution in [0.3, 0.4) is 0 Å². The number of anilines is 1. The van der Waals surface area contributed by atoms with Gasteiger partial charge in [-0.1, -0.05) is 42.5 Å². The van der Waals surface area contributed by atoms with Crippen LogP contribution in [-0.2, 0) is 0 Å². The predicted octanol–water partition coefficient (Wildman–Crippen LogP) is 4.83. The Balaban J connectivity index is 1.49. The van der Waals surface area contributed by atoms with Crippen molar-refractivity contribution in [3.05, 3.63) is 95.0 Å². The molecule has 2 aromatic carbocycles. The van der Waals surface area contributed by atoms with Gasteiger partial charge in [0, 0.05) is 42.0 Å². The van der Waals surface area contributed by atoms with Gasteiger partial charge in [-0.05, 0) is 24.6 Å². The van der Waals surface area contributed by atoms with Crippen molar-refractivity contribution in [2.45, 2.75) is 19.4 Å². The van der Waals surface area contributed by atoms with Crippen LogP contribution < -0.4 is 9.64 Å². The number of aromatic nitrogens is 1. The second-order valence-electron chi connectivity index (χ2n) is 7.16. The maximum absolute atomic E-state index is 12.7. The molecule has 0 saturated carbocycles. The Morgan fingerprint density at radius 1 is 1.14 bits per heavy atom. The second kappa shape index (κ2) is 8.15. The van der Waals surface area contributed by atoms with E-state index in [1.54, 1.807) is 30.5 Å². The zero-order valence-corrected chi connectivity index (χ0v) is 16.2. The molecule has 29 heavy (non-hydrogen) atoms. The summed E-state index contributed by atoms with van der Waals surface area (Å²) in [6.07, 6.45) is 2.67. The first kappa shape index (κ1) is 18.7. The Labute approximate surface area is 170 Å². The molecule has 0 amide bonds. The van der Waals surface area contributed by atoms with Crippen LogP contribution in [0.15, 0.2) is 66.9 Å². The lowest BCUT2D eigenvalue weighted by Gasteiger charge is -2.21. The lowest BCUT2D eigenvalue weighted by Crippen LogP contribution is -2.24. The second-order valence-corrected chi connectivity index (χ2v) is 7.16. The fourth-order valence-electron chi connectivity index (χ4n) is 3.52. The molecule has 5 heteroatoms. The Bertz CT molecular complexity index is 1060. The van der Waals surface area contributed by atoms with Crippen molar-refractivity contribution in [1.82, 2.24) is 4.98 Å². The third-order valence-corrected chi connectivity index (χ3v) is 5.05. The van der Waals surface area contributed by atoms with Crippen molar-refractivity contribution in [2.75, 3.05) is 18.0 Å². The van der Waals surface area contributed by atoms with Gasteiger partial charge >= 0.3 is 0 Å². The molecule has 1 atom stereocenters. The highest BCUT2D eigenvalue weighted by Crippen LogP contribution is 2.33. The van der Waals surface area contributed by atoms with Gasteiger partial charge in [0.05, 0.1) is 13.1 Å². The average Bonchev–Trinajstić information content (AvgIpc) is 3.23. The van der Waals surface area contributed by atoms with Crippen molar-refractivity contribution >= 4 is 17.2 Å². The molecule has 144 valence electrons. The SMILES string of the molecule is [C-]#[N+]c1cc(C(=O)c2ccccc2)ccc1N1CC[C@@H](Oc2ccc(C)cn2)C1. The summed E-state index contributed by atoms with van der Waals surface area (Å²) < 4.78 is 5.99. The van der Waals surface area contributed by atoms with Crippen molar-refractivity contribution in [3.63, 3.8) is 0 Å². The van der Waals surface area contributed by atoms with Gasteiger partial charge in [0.2, 0.25) is 11.6 Å². The van der Waals surface area contributed by atoms with Crippen LogP contribution in [0.25, 0.3) is 4.85 Å². The molecule has 0 spiro atoms. The Kier molecular flexibility index (Phi) is 5.26. The number of carbonyl (C=O) groups excluding carboxylic acids is 1. The first-order chi connectivity index (χ1) is 14.1. The first-order valence-corrected chi connectivity index (χ1v) is 9.59. The van der Waals surface area contributed by atoms with Crippen LogP contribution in [0, 0.1) is 13.5 Å². The van der Waals surface area contributed by atoms with Crippen LogP contribution in [0.2, 0.25) is 0 Å². The van der Waals surface area contributed by atoms with Crippen LogP contribution in [0.5, 0.6) is 5.88 Å². The van der Waals surface area contributed by atoms with E-state index < -0.39 is 0 Å². The van der Waals surface area contributed by atoms with Crippen molar-refractivity contribution in [2.24, 2.45) is 0 Å². The molecule has 1 saturated heterocycles. The average molecular weight is 383 g/mol. The Morgan fingerprint density at radius 2 is 1.97 bits per heavy atom. The molecule has 1 fully saturated rings. The number of benzene rings is 2. The summed E-state index contributed by atoms with van der Waals surface area (Å²) in [7, 11) is 0. The number of ether oxygens (including phenoxy) is 1. The quantitative estimate of drug-likeness (QED) is 0.468. The number of carbonyl (C=O) groups is 1. The smallest absolute Gasteiger partial charge is 0.213 e. The van der Waals surface area contributed by atoms with Gasteiger partial charge in [0.15, 0.2) is 5.78 Å². The van der Waals surface area contributed by atoms with Gasteiger partial charge in [0.1, 0.15) is 6.10 Å². The maximum Gasteiger partial charge on any atom is 0.213 e. The third-order valence-electron chi connectivity index (χ3n) is 5.05. The molecule has 1 aliphatic rings. The zero-order chi connectivity index (χ0) is 20.2. The monoisotopic (exact) mass is 383 g/mol. The van der Waals surface area contributed by atoms with E-state index >= 15 is 0 Å². The third kappa shape index (κ3) is 4.12. The summed E-state index contributed by atoms with van der Waals surface area (Å²) in [5, 5.41) is 0. The number of hydrogen-bond acceptors (Lipinski definition) is 4. The van der Waals surface area contributed by atoms with Crippen LogP contribution in [0.1, 0.15) is 27.9 Å². The van der Waals surface area contributed by atoms with Gasteiger partial charge in [-0.3, -0.25) is 4.79 Å². The highest BCUT2D eigenvalue weighted by atomic mass is 16.5. The number of rotatable bonds is 5. The largest absolute Gasteiger partial charge is 0.472 e. The van der Waals surface area contributed by atoms with Crippen LogP contribution in [-0.4, -0.2) is 30.0 Å². The van der Waals surface area contributed by atoms with Gasteiger partial charge in [-0.25, -0.2) is 9.83 Å². The number of aryl methyl sites for hydroxylation is 1. The van der Waals surface area contributed by atoms with E-state index in [2.05, 4.69) is 14.7 Å². The lowest BCUT2D eigenvalue weighted by atomic mass is 10.0. The molecular formula is C24H21N3O2. The number of ketones is 1. The summed E-state index contributed by atoms with van der Waals surface area (Å²) in [6, 6.07) is 18.3. The summed E-state index contributed by atoms with van der Waals surface area (Å²) in [6.45, 7) is 11.1. The molecule has 0 unspecified atom stereocenters. The number of nitrogens with zero attached hydrogens (tertiary/aromatic N) is 3. The number of hydrogen-bond donors (Lipinski definition) is 0. The molecule has 0 bridgehead atoms. The standard InChI is InChI=1S/C24H21N3O2/c1-17-8-11-23(26-15-17)29-20-12-13-27(16-20)22-10-9-19(14-21(22)25-2)24(28)18-6-4-3-5-7-18/h3-11,14-15,20H,12-13,16H2,1H3/t20-/m1/s1. The minimum Gasteiger partial charge on any atom is -0.472 e. The fraction of sp³-hybridized carbons (Fsp3) is 0.208. The highest BCUT2D eigenvalue weighted by molar-refractivity contribution is 6.09. The molecule has 4 rings (SSSR count). The molecule has 1 aliphatic heterocycles. The molecule has 3 aromatic rings. The molecule has 0 N–H and O–H groups in total. The topological polar surface area (TPSA) is 46.8 Å². The molecule has 0 radical (unpaired) electrons. The highest BCUT2D eigenvalue weighted by Gasteiger charge is 2.26. The maximum atomic E-state index is 12.7. The van der Waals surface area contributed by atoms with E-state index in [1.165, 1.54) is 0 Å². The van der Waals surface area contributed by atoms with Gasteiger partial charge in [0.25, 0.3) is 0 Å². The van der Waals surface area contributed by atoms with Gasteiger partial charge in [-0.15, -0.1) is 0 Å². The molecule has 5 nitrogen and oxygen atoms in total. The summed E-state index contributed by atoms with van der Waals surface area (Å²) in [5.74, 6) is 0.548. The number of pyridine rings is 1. The Morgan fingerprint density at radius 3 is 2.69 bits per heavy atom. The minimum absolute atomic E-state index is 0.0226. The van der Waals surface area contributed by atoms with E-state index in [1.807, 2.05) is 43.3 Å². The molecular weight excluding hydrogens is 362 g/mol. The van der Waals surface area contributed by atoms with E-state index in [-0.39, 0.29) is 11.9 Å². The summed E-state index contributed by atoms with van der Waals surface area (Å²) >= 11 is 0. The van der Waals surface area contributed by atoms with Crippen molar-refractivity contribution in [3.8, 4) is 5.88 Å². The zero-order valence-electron chi connectivity index (χ0n) is 16.2. The molecule has 2 heterocycles. The first-order valence-electron chi connectivity index (χ1n) is 9.59. The summed E-state index contributed by atoms with van der Waals surface area (Å²) in [4.78, 5) is 22.8.